The second-order valence-electron chi connectivity index (χ2n) is 14.5. The summed E-state index contributed by atoms with van der Waals surface area (Å²) in [5.74, 6) is 2.23. The zero-order valence-electron chi connectivity index (χ0n) is 22.6. The van der Waals surface area contributed by atoms with Crippen LogP contribution in [0.3, 0.4) is 0 Å². The van der Waals surface area contributed by atoms with E-state index in [4.69, 9.17) is 4.74 Å². The van der Waals surface area contributed by atoms with E-state index in [1.165, 1.54) is 25.7 Å². The molecule has 5 aliphatic rings. The number of carbonyl (C=O) groups is 1. The number of aliphatic hydroxyl groups is 2. The lowest BCUT2D eigenvalue weighted by Gasteiger charge is -2.63. The van der Waals surface area contributed by atoms with Crippen molar-refractivity contribution in [2.75, 3.05) is 6.61 Å². The summed E-state index contributed by atoms with van der Waals surface area (Å²) in [4.78, 5) is 12.8. The van der Waals surface area contributed by atoms with E-state index in [0.717, 1.165) is 19.3 Å². The maximum Gasteiger partial charge on any atom is 0.138 e. The molecule has 5 rings (SSSR count). The minimum absolute atomic E-state index is 0.158. The first-order valence-electron chi connectivity index (χ1n) is 13.9. The molecule has 0 aromatic carbocycles. The highest BCUT2D eigenvalue weighted by molar-refractivity contribution is 5.85. The van der Waals surface area contributed by atoms with Gasteiger partial charge in [-0.15, -0.1) is 0 Å². The zero-order chi connectivity index (χ0) is 24.9. The van der Waals surface area contributed by atoms with Gasteiger partial charge in [0, 0.05) is 11.8 Å². The molecule has 34 heavy (non-hydrogen) atoms. The van der Waals surface area contributed by atoms with E-state index < -0.39 is 17.8 Å². The fraction of sp³-hybridized carbons (Fsp3) is 0.900. The normalized spacial score (nSPS) is 52.1. The molecule has 9 atom stereocenters. The number of hydrogen-bond acceptors (Lipinski definition) is 4. The molecule has 0 radical (unpaired) electrons. The van der Waals surface area contributed by atoms with Gasteiger partial charge in [0.15, 0.2) is 0 Å². The third-order valence-electron chi connectivity index (χ3n) is 12.5. The lowest BCUT2D eigenvalue weighted by atomic mass is 9.41. The maximum absolute atomic E-state index is 12.8. The molecular formula is C30H48O4. The van der Waals surface area contributed by atoms with Crippen LogP contribution in [0.4, 0.5) is 0 Å². The summed E-state index contributed by atoms with van der Waals surface area (Å²) in [5.41, 5.74) is 1.28. The lowest BCUT2D eigenvalue weighted by molar-refractivity contribution is -0.146. The summed E-state index contributed by atoms with van der Waals surface area (Å²) in [6, 6.07) is 0. The summed E-state index contributed by atoms with van der Waals surface area (Å²) in [6.07, 6.45) is 9.18. The van der Waals surface area contributed by atoms with Crippen LogP contribution in [0.1, 0.15) is 99.8 Å². The molecular weight excluding hydrogens is 424 g/mol. The first kappa shape index (κ1) is 25.0. The molecule has 0 spiro atoms. The van der Waals surface area contributed by atoms with Gasteiger partial charge in [-0.25, -0.2) is 0 Å². The predicted octanol–water partition coefficient (Wildman–Crippen LogP) is 5.70. The van der Waals surface area contributed by atoms with Gasteiger partial charge in [-0.05, 0) is 98.7 Å². The van der Waals surface area contributed by atoms with Crippen molar-refractivity contribution in [3.8, 4) is 0 Å². The number of aliphatic hydroxyl groups excluding tert-OH is 2. The van der Waals surface area contributed by atoms with E-state index >= 15 is 0 Å². The topological polar surface area (TPSA) is 66.8 Å². The third-order valence-corrected chi connectivity index (χ3v) is 12.5. The maximum atomic E-state index is 12.8. The van der Waals surface area contributed by atoms with Crippen LogP contribution in [-0.2, 0) is 9.53 Å². The van der Waals surface area contributed by atoms with Crippen molar-refractivity contribution in [1.29, 1.82) is 0 Å². The van der Waals surface area contributed by atoms with Gasteiger partial charge >= 0.3 is 0 Å². The molecule has 0 aromatic rings. The quantitative estimate of drug-likeness (QED) is 0.481. The van der Waals surface area contributed by atoms with Crippen LogP contribution >= 0.6 is 0 Å². The Labute approximate surface area is 206 Å². The van der Waals surface area contributed by atoms with E-state index in [1.807, 2.05) is 13.8 Å². The Balaban J connectivity index is 1.47. The van der Waals surface area contributed by atoms with Crippen molar-refractivity contribution in [2.45, 2.75) is 118 Å². The Kier molecular flexibility index (Phi) is 5.62. The van der Waals surface area contributed by atoms with Crippen LogP contribution in [0.25, 0.3) is 0 Å². The van der Waals surface area contributed by atoms with E-state index in [2.05, 4.69) is 40.7 Å². The first-order chi connectivity index (χ1) is 15.7. The Bertz CT molecular complexity index is 888. The standard InChI is InChI=1S/C30H48O4/c1-26(2)23-9-8-21-20(28(23,5)13-12-24(26)32)11-15-29(6)19(10-14-30(21,29)7)18-16-22(31)25(33)27(3,4)34-17-18/h8,18-20,22-23,25,31,33H,9-17H2,1-7H3. The molecule has 4 aliphatic carbocycles. The highest BCUT2D eigenvalue weighted by Gasteiger charge is 2.65. The number of hydrogen-bond donors (Lipinski definition) is 2. The number of allylic oxidation sites excluding steroid dienone is 2. The van der Waals surface area contributed by atoms with Crippen LogP contribution in [0, 0.1) is 45.3 Å². The molecule has 9 unspecified atom stereocenters. The SMILES string of the molecule is CC1(C)OCC(C2CCC3(C)C4=CCC5C(C)(C)C(=O)CCC5(C)C4CCC23C)CC(O)C1O. The lowest BCUT2D eigenvalue weighted by Crippen LogP contribution is -2.57. The summed E-state index contributed by atoms with van der Waals surface area (Å²) in [6.45, 7) is 16.4. The molecule has 0 bridgehead atoms. The number of fused-ring (bicyclic) bond motifs is 5. The van der Waals surface area contributed by atoms with Crippen molar-refractivity contribution in [1.82, 2.24) is 0 Å². The molecule has 1 saturated heterocycles. The van der Waals surface area contributed by atoms with Crippen molar-refractivity contribution < 1.29 is 19.7 Å². The highest BCUT2D eigenvalue weighted by atomic mass is 16.5. The van der Waals surface area contributed by atoms with Crippen molar-refractivity contribution in [3.05, 3.63) is 11.6 Å². The van der Waals surface area contributed by atoms with Crippen molar-refractivity contribution in [2.24, 2.45) is 45.3 Å². The highest BCUT2D eigenvalue weighted by Crippen LogP contribution is 2.73. The Morgan fingerprint density at radius 3 is 2.38 bits per heavy atom. The van der Waals surface area contributed by atoms with E-state index in [0.29, 0.717) is 36.6 Å². The Hall–Kier alpha value is -0.710. The van der Waals surface area contributed by atoms with Crippen molar-refractivity contribution in [3.63, 3.8) is 0 Å². The minimum Gasteiger partial charge on any atom is -0.390 e. The molecule has 1 heterocycles. The van der Waals surface area contributed by atoms with Gasteiger partial charge in [-0.1, -0.05) is 46.3 Å². The second-order valence-corrected chi connectivity index (χ2v) is 14.5. The van der Waals surface area contributed by atoms with E-state index in [9.17, 15) is 15.0 Å². The summed E-state index contributed by atoms with van der Waals surface area (Å²) in [5, 5.41) is 21.5. The smallest absolute Gasteiger partial charge is 0.138 e. The average Bonchev–Trinajstić information content (AvgIpc) is 2.99. The van der Waals surface area contributed by atoms with Gasteiger partial charge < -0.3 is 14.9 Å². The van der Waals surface area contributed by atoms with Gasteiger partial charge in [0.2, 0.25) is 0 Å². The molecule has 192 valence electrons. The van der Waals surface area contributed by atoms with Crippen LogP contribution < -0.4 is 0 Å². The summed E-state index contributed by atoms with van der Waals surface area (Å²) in [7, 11) is 0. The summed E-state index contributed by atoms with van der Waals surface area (Å²) >= 11 is 0. The van der Waals surface area contributed by atoms with Crippen LogP contribution in [-0.4, -0.2) is 40.4 Å². The molecule has 2 N–H and O–H groups in total. The Morgan fingerprint density at radius 1 is 0.971 bits per heavy atom. The minimum atomic E-state index is -0.843. The van der Waals surface area contributed by atoms with E-state index in [1.54, 1.807) is 5.57 Å². The molecule has 0 amide bonds. The largest absolute Gasteiger partial charge is 0.390 e. The molecule has 3 saturated carbocycles. The van der Waals surface area contributed by atoms with E-state index in [-0.39, 0.29) is 27.6 Å². The fourth-order valence-corrected chi connectivity index (χ4v) is 9.97. The first-order valence-corrected chi connectivity index (χ1v) is 13.9. The van der Waals surface area contributed by atoms with Crippen LogP contribution in [0.15, 0.2) is 11.6 Å². The van der Waals surface area contributed by atoms with Gasteiger partial charge in [0.25, 0.3) is 0 Å². The molecule has 0 aromatic heterocycles. The number of Topliss-reactive ketones (excluding diaryl/α,β-unsaturated/α-hetero) is 1. The van der Waals surface area contributed by atoms with Crippen LogP contribution in [0.2, 0.25) is 0 Å². The van der Waals surface area contributed by atoms with Gasteiger partial charge in [0.05, 0.1) is 18.3 Å². The number of rotatable bonds is 1. The molecule has 4 heteroatoms. The predicted molar refractivity (Wildman–Crippen MR) is 134 cm³/mol. The number of ether oxygens (including phenoxy) is 1. The van der Waals surface area contributed by atoms with Gasteiger partial charge in [0.1, 0.15) is 11.9 Å². The van der Waals surface area contributed by atoms with Crippen molar-refractivity contribution >= 4 is 5.78 Å². The number of carbonyl (C=O) groups excluding carboxylic acids is 1. The van der Waals surface area contributed by atoms with Gasteiger partial charge in [-0.3, -0.25) is 4.79 Å². The molecule has 4 nitrogen and oxygen atoms in total. The second kappa shape index (κ2) is 7.65. The molecule has 4 fully saturated rings. The summed E-state index contributed by atoms with van der Waals surface area (Å²) < 4.78 is 6.23. The Morgan fingerprint density at radius 2 is 1.68 bits per heavy atom. The monoisotopic (exact) mass is 472 g/mol. The average molecular weight is 473 g/mol. The third kappa shape index (κ3) is 3.16. The van der Waals surface area contributed by atoms with Gasteiger partial charge in [-0.2, -0.15) is 0 Å². The zero-order valence-corrected chi connectivity index (χ0v) is 22.6. The molecule has 1 aliphatic heterocycles. The fourth-order valence-electron chi connectivity index (χ4n) is 9.97. The number of ketones is 1. The van der Waals surface area contributed by atoms with Crippen LogP contribution in [0.5, 0.6) is 0 Å².